The molecule has 0 saturated heterocycles. The average Bonchev–Trinajstić information content (AvgIpc) is 2.60. The van der Waals surface area contributed by atoms with Crippen LogP contribution in [-0.4, -0.2) is 16.0 Å². The van der Waals surface area contributed by atoms with Gasteiger partial charge < -0.3 is 10.3 Å². The minimum atomic E-state index is -0.0706. The number of hydrogen-bond donors (Lipinski definition) is 2. The average molecular weight is 319 g/mol. The van der Waals surface area contributed by atoms with Crippen molar-refractivity contribution in [2.45, 2.75) is 32.2 Å². The molecule has 0 radical (unpaired) electrons. The molecule has 1 saturated carbocycles. The Morgan fingerprint density at radius 3 is 3.07 bits per heavy atom. The number of halogens is 1. The summed E-state index contributed by atoms with van der Waals surface area (Å²) in [4.78, 5) is 18.1. The van der Waals surface area contributed by atoms with Gasteiger partial charge in [0.25, 0.3) is 5.56 Å². The van der Waals surface area contributed by atoms with Crippen LogP contribution < -0.4 is 10.9 Å². The molecule has 0 aromatic carbocycles. The normalized spacial score (nSPS) is 25.5. The Morgan fingerprint density at radius 1 is 1.60 bits per heavy atom. The van der Waals surface area contributed by atoms with Crippen LogP contribution in [0.3, 0.4) is 0 Å². The molecule has 0 bridgehead atoms. The molecule has 2 unspecified atom stereocenters. The second-order valence-electron chi connectivity index (χ2n) is 4.05. The highest BCUT2D eigenvalue weighted by atomic mass is 127. The van der Waals surface area contributed by atoms with Gasteiger partial charge >= 0.3 is 0 Å². The molecular weight excluding hydrogens is 305 g/mol. The Balaban J connectivity index is 2.17. The van der Waals surface area contributed by atoms with E-state index in [1.807, 2.05) is 22.6 Å². The molecule has 1 aliphatic rings. The molecule has 1 aromatic heterocycles. The van der Waals surface area contributed by atoms with Gasteiger partial charge in [-0.3, -0.25) is 4.79 Å². The zero-order chi connectivity index (χ0) is 10.8. The lowest BCUT2D eigenvalue weighted by atomic mass is 10.1. The van der Waals surface area contributed by atoms with Crippen molar-refractivity contribution in [3.8, 4) is 0 Å². The van der Waals surface area contributed by atoms with Crippen LogP contribution in [0.15, 0.2) is 11.1 Å². The van der Waals surface area contributed by atoms with E-state index in [0.29, 0.717) is 15.5 Å². The van der Waals surface area contributed by atoms with Crippen LogP contribution in [0.1, 0.15) is 26.2 Å². The predicted octanol–water partition coefficient (Wildman–Crippen LogP) is 1.97. The smallest absolute Gasteiger partial charge is 0.266 e. The van der Waals surface area contributed by atoms with Crippen LogP contribution in [0.2, 0.25) is 0 Å². The van der Waals surface area contributed by atoms with Crippen LogP contribution in [0.4, 0.5) is 5.82 Å². The van der Waals surface area contributed by atoms with Gasteiger partial charge in [-0.1, -0.05) is 13.3 Å². The van der Waals surface area contributed by atoms with Crippen molar-refractivity contribution in [3.63, 3.8) is 0 Å². The lowest BCUT2D eigenvalue weighted by molar-refractivity contribution is 0.554. The van der Waals surface area contributed by atoms with Gasteiger partial charge in [0.05, 0.1) is 6.33 Å². The minimum Gasteiger partial charge on any atom is -0.366 e. The zero-order valence-corrected chi connectivity index (χ0v) is 10.7. The van der Waals surface area contributed by atoms with Crippen LogP contribution >= 0.6 is 22.6 Å². The molecule has 82 valence electrons. The second kappa shape index (κ2) is 4.51. The molecule has 2 atom stereocenters. The summed E-state index contributed by atoms with van der Waals surface area (Å²) in [6.45, 7) is 2.24. The van der Waals surface area contributed by atoms with Crippen LogP contribution in [0.25, 0.3) is 0 Å². The van der Waals surface area contributed by atoms with Crippen molar-refractivity contribution in [2.24, 2.45) is 5.92 Å². The summed E-state index contributed by atoms with van der Waals surface area (Å²) >= 11 is 2.03. The van der Waals surface area contributed by atoms with Gasteiger partial charge in [-0.2, -0.15) is 0 Å². The zero-order valence-electron chi connectivity index (χ0n) is 8.59. The SMILES string of the molecule is CC1CCCC1Nc1nc[nH]c(=O)c1I. The quantitative estimate of drug-likeness (QED) is 0.820. The number of H-pyrrole nitrogens is 1. The number of nitrogens with zero attached hydrogens (tertiary/aromatic N) is 1. The van der Waals surface area contributed by atoms with E-state index < -0.39 is 0 Å². The molecule has 1 aromatic rings. The van der Waals surface area contributed by atoms with E-state index in [-0.39, 0.29) is 5.56 Å². The number of aromatic amines is 1. The first kappa shape index (κ1) is 10.9. The summed E-state index contributed by atoms with van der Waals surface area (Å²) in [7, 11) is 0. The fraction of sp³-hybridized carbons (Fsp3) is 0.600. The maximum atomic E-state index is 11.4. The first-order chi connectivity index (χ1) is 7.18. The third kappa shape index (κ3) is 2.32. The summed E-state index contributed by atoms with van der Waals surface area (Å²) in [6.07, 6.45) is 5.15. The highest BCUT2D eigenvalue weighted by Gasteiger charge is 2.24. The highest BCUT2D eigenvalue weighted by molar-refractivity contribution is 14.1. The molecule has 5 heteroatoms. The van der Waals surface area contributed by atoms with E-state index in [9.17, 15) is 4.79 Å². The Bertz CT molecular complexity index is 404. The Labute approximate surface area is 102 Å². The fourth-order valence-corrected chi connectivity index (χ4v) is 2.47. The molecule has 1 fully saturated rings. The summed E-state index contributed by atoms with van der Waals surface area (Å²) < 4.78 is 0.647. The second-order valence-corrected chi connectivity index (χ2v) is 5.13. The van der Waals surface area contributed by atoms with E-state index in [1.165, 1.54) is 25.6 Å². The molecule has 1 aliphatic carbocycles. The van der Waals surface area contributed by atoms with Crippen molar-refractivity contribution in [1.29, 1.82) is 0 Å². The number of anilines is 1. The number of nitrogens with one attached hydrogen (secondary N) is 2. The summed E-state index contributed by atoms with van der Waals surface area (Å²) in [6, 6.07) is 0.466. The van der Waals surface area contributed by atoms with E-state index in [1.54, 1.807) is 0 Å². The minimum absolute atomic E-state index is 0.0706. The number of hydrogen-bond acceptors (Lipinski definition) is 3. The topological polar surface area (TPSA) is 57.8 Å². The van der Waals surface area contributed by atoms with Crippen LogP contribution in [0, 0.1) is 9.49 Å². The molecule has 0 amide bonds. The van der Waals surface area contributed by atoms with Crippen molar-refractivity contribution in [2.75, 3.05) is 5.32 Å². The Morgan fingerprint density at radius 2 is 2.40 bits per heavy atom. The van der Waals surface area contributed by atoms with E-state index in [4.69, 9.17) is 0 Å². The summed E-state index contributed by atoms with van der Waals surface area (Å²) in [5.41, 5.74) is -0.0706. The van der Waals surface area contributed by atoms with Crippen LogP contribution in [0.5, 0.6) is 0 Å². The maximum Gasteiger partial charge on any atom is 0.266 e. The van der Waals surface area contributed by atoms with Crippen molar-refractivity contribution < 1.29 is 0 Å². The van der Waals surface area contributed by atoms with E-state index in [0.717, 1.165) is 5.82 Å². The number of aromatic nitrogens is 2. The van der Waals surface area contributed by atoms with Gasteiger partial charge in [-0.25, -0.2) is 4.98 Å². The summed E-state index contributed by atoms with van der Waals surface area (Å²) in [5.74, 6) is 1.39. The lowest BCUT2D eigenvalue weighted by Gasteiger charge is -2.18. The lowest BCUT2D eigenvalue weighted by Crippen LogP contribution is -2.25. The number of rotatable bonds is 2. The molecule has 0 aliphatic heterocycles. The fourth-order valence-electron chi connectivity index (χ4n) is 2.02. The van der Waals surface area contributed by atoms with Crippen molar-refractivity contribution >= 4 is 28.4 Å². The third-order valence-corrected chi connectivity index (χ3v) is 3.98. The first-order valence-electron chi connectivity index (χ1n) is 5.18. The maximum absolute atomic E-state index is 11.4. The molecule has 0 spiro atoms. The van der Waals surface area contributed by atoms with Crippen molar-refractivity contribution in [3.05, 3.63) is 20.3 Å². The molecule has 2 rings (SSSR count). The highest BCUT2D eigenvalue weighted by Crippen LogP contribution is 2.27. The predicted molar refractivity (Wildman–Crippen MR) is 68.0 cm³/mol. The molecule has 4 nitrogen and oxygen atoms in total. The van der Waals surface area contributed by atoms with Crippen molar-refractivity contribution in [1.82, 2.24) is 9.97 Å². The third-order valence-electron chi connectivity index (χ3n) is 2.98. The Hall–Kier alpha value is -0.590. The van der Waals surface area contributed by atoms with Gasteiger partial charge in [-0.15, -0.1) is 0 Å². The molecule has 1 heterocycles. The van der Waals surface area contributed by atoms with Gasteiger partial charge in [0.2, 0.25) is 0 Å². The van der Waals surface area contributed by atoms with Gasteiger partial charge in [-0.05, 0) is 41.4 Å². The monoisotopic (exact) mass is 319 g/mol. The van der Waals surface area contributed by atoms with E-state index >= 15 is 0 Å². The van der Waals surface area contributed by atoms with Gasteiger partial charge in [0.15, 0.2) is 0 Å². The first-order valence-corrected chi connectivity index (χ1v) is 6.26. The Kier molecular flexibility index (Phi) is 3.28. The molecular formula is C10H14IN3O. The molecule has 15 heavy (non-hydrogen) atoms. The van der Waals surface area contributed by atoms with Crippen LogP contribution in [-0.2, 0) is 0 Å². The van der Waals surface area contributed by atoms with Gasteiger partial charge in [0, 0.05) is 6.04 Å². The largest absolute Gasteiger partial charge is 0.366 e. The summed E-state index contributed by atoms with van der Waals surface area (Å²) in [5, 5.41) is 3.36. The van der Waals surface area contributed by atoms with Gasteiger partial charge in [0.1, 0.15) is 9.39 Å². The molecule has 2 N–H and O–H groups in total. The van der Waals surface area contributed by atoms with E-state index in [2.05, 4.69) is 22.2 Å². The standard InChI is InChI=1S/C10H14IN3O/c1-6-3-2-4-7(6)14-9-8(11)10(15)13-5-12-9/h5-7H,2-4H2,1H3,(H2,12,13,14,15).